The molecule has 0 N–H and O–H groups in total. The number of hydrogen-bond donors (Lipinski definition) is 0. The molecule has 0 aromatic carbocycles. The SMILES string of the molecule is CCN(CC)CCN1CCC(C)C1CCl. The predicted molar refractivity (Wildman–Crippen MR) is 67.7 cm³/mol. The summed E-state index contributed by atoms with van der Waals surface area (Å²) in [5.41, 5.74) is 0. The lowest BCUT2D eigenvalue weighted by atomic mass is 10.1. The highest BCUT2D eigenvalue weighted by molar-refractivity contribution is 6.18. The zero-order valence-corrected chi connectivity index (χ0v) is 11.1. The topological polar surface area (TPSA) is 6.48 Å². The largest absolute Gasteiger partial charge is 0.303 e. The van der Waals surface area contributed by atoms with Crippen molar-refractivity contribution >= 4 is 11.6 Å². The Morgan fingerprint density at radius 1 is 1.33 bits per heavy atom. The van der Waals surface area contributed by atoms with Crippen LogP contribution in [0.1, 0.15) is 27.2 Å². The smallest absolute Gasteiger partial charge is 0.0382 e. The van der Waals surface area contributed by atoms with Gasteiger partial charge in [-0.2, -0.15) is 0 Å². The number of rotatable bonds is 6. The fourth-order valence-electron chi connectivity index (χ4n) is 2.42. The molecule has 2 unspecified atom stereocenters. The summed E-state index contributed by atoms with van der Waals surface area (Å²) in [6.45, 7) is 12.7. The standard InChI is InChI=1S/C12H25ClN2/c1-4-14(5-2)8-9-15-7-6-11(3)12(15)10-13/h11-12H,4-10H2,1-3H3. The van der Waals surface area contributed by atoms with Gasteiger partial charge in [0.25, 0.3) is 0 Å². The van der Waals surface area contributed by atoms with Gasteiger partial charge in [0.15, 0.2) is 0 Å². The maximum atomic E-state index is 6.03. The van der Waals surface area contributed by atoms with Crippen LogP contribution in [0.4, 0.5) is 0 Å². The first-order chi connectivity index (χ1) is 7.22. The van der Waals surface area contributed by atoms with Gasteiger partial charge in [-0.05, 0) is 32.0 Å². The second-order valence-electron chi connectivity index (χ2n) is 4.55. The minimum Gasteiger partial charge on any atom is -0.303 e. The van der Waals surface area contributed by atoms with Gasteiger partial charge < -0.3 is 4.90 Å². The Kier molecular flexibility index (Phi) is 5.95. The van der Waals surface area contributed by atoms with Crippen molar-refractivity contribution in [2.75, 3.05) is 38.6 Å². The molecule has 1 heterocycles. The molecule has 2 nitrogen and oxygen atoms in total. The maximum Gasteiger partial charge on any atom is 0.0382 e. The van der Waals surface area contributed by atoms with Crippen molar-refractivity contribution in [2.24, 2.45) is 5.92 Å². The maximum absolute atomic E-state index is 6.03. The number of hydrogen-bond acceptors (Lipinski definition) is 2. The summed E-state index contributed by atoms with van der Waals surface area (Å²) < 4.78 is 0. The summed E-state index contributed by atoms with van der Waals surface area (Å²) in [5.74, 6) is 1.57. The van der Waals surface area contributed by atoms with E-state index in [4.69, 9.17) is 11.6 Å². The lowest BCUT2D eigenvalue weighted by Gasteiger charge is -2.27. The fraction of sp³-hybridized carbons (Fsp3) is 1.00. The Bertz CT molecular complexity index is 171. The average Bonchev–Trinajstić information content (AvgIpc) is 2.61. The third-order valence-electron chi connectivity index (χ3n) is 3.75. The van der Waals surface area contributed by atoms with Gasteiger partial charge in [0.2, 0.25) is 0 Å². The van der Waals surface area contributed by atoms with Gasteiger partial charge in [-0.3, -0.25) is 4.90 Å². The first-order valence-corrected chi connectivity index (χ1v) is 6.78. The van der Waals surface area contributed by atoms with E-state index in [1.165, 1.54) is 26.1 Å². The van der Waals surface area contributed by atoms with Gasteiger partial charge >= 0.3 is 0 Å². The molecule has 0 radical (unpaired) electrons. The van der Waals surface area contributed by atoms with Crippen LogP contribution in [0.5, 0.6) is 0 Å². The van der Waals surface area contributed by atoms with Crippen LogP contribution in [-0.2, 0) is 0 Å². The molecule has 1 saturated heterocycles. The second kappa shape index (κ2) is 6.72. The summed E-state index contributed by atoms with van der Waals surface area (Å²) in [4.78, 5) is 5.05. The van der Waals surface area contributed by atoms with Gasteiger partial charge in [-0.25, -0.2) is 0 Å². The Labute approximate surface area is 99.6 Å². The van der Waals surface area contributed by atoms with Gasteiger partial charge in [0.05, 0.1) is 0 Å². The van der Waals surface area contributed by atoms with Crippen LogP contribution in [0.25, 0.3) is 0 Å². The van der Waals surface area contributed by atoms with Crippen LogP contribution in [0.15, 0.2) is 0 Å². The number of halogens is 1. The summed E-state index contributed by atoms with van der Waals surface area (Å²) in [7, 11) is 0. The molecular weight excluding hydrogens is 208 g/mol. The van der Waals surface area contributed by atoms with Crippen LogP contribution in [-0.4, -0.2) is 54.4 Å². The van der Waals surface area contributed by atoms with E-state index in [0.29, 0.717) is 6.04 Å². The molecule has 0 aliphatic carbocycles. The van der Waals surface area contributed by atoms with Crippen molar-refractivity contribution in [2.45, 2.75) is 33.2 Å². The molecule has 0 spiro atoms. The van der Waals surface area contributed by atoms with Crippen LogP contribution in [0, 0.1) is 5.92 Å². The van der Waals surface area contributed by atoms with Crippen molar-refractivity contribution in [3.63, 3.8) is 0 Å². The van der Waals surface area contributed by atoms with Crippen LogP contribution < -0.4 is 0 Å². The molecule has 0 saturated carbocycles. The predicted octanol–water partition coefficient (Wildman–Crippen LogP) is 2.28. The minimum absolute atomic E-state index is 0.613. The molecule has 1 fully saturated rings. The summed E-state index contributed by atoms with van der Waals surface area (Å²) in [5, 5.41) is 0. The molecule has 3 heteroatoms. The van der Waals surface area contributed by atoms with Gasteiger partial charge in [0, 0.05) is 25.0 Å². The monoisotopic (exact) mass is 232 g/mol. The Morgan fingerprint density at radius 3 is 2.53 bits per heavy atom. The van der Waals surface area contributed by atoms with Crippen molar-refractivity contribution < 1.29 is 0 Å². The highest BCUT2D eigenvalue weighted by atomic mass is 35.5. The number of likely N-dealkylation sites (tertiary alicyclic amines) is 1. The highest BCUT2D eigenvalue weighted by Crippen LogP contribution is 2.24. The molecule has 2 atom stereocenters. The second-order valence-corrected chi connectivity index (χ2v) is 4.86. The van der Waals surface area contributed by atoms with E-state index in [9.17, 15) is 0 Å². The van der Waals surface area contributed by atoms with Gasteiger partial charge in [-0.1, -0.05) is 20.8 Å². The quantitative estimate of drug-likeness (QED) is 0.649. The molecule has 1 rings (SSSR count). The third-order valence-corrected chi connectivity index (χ3v) is 4.07. The van der Waals surface area contributed by atoms with Crippen LogP contribution >= 0.6 is 11.6 Å². The Hall–Kier alpha value is 0.210. The minimum atomic E-state index is 0.613. The van der Waals surface area contributed by atoms with E-state index in [1.54, 1.807) is 0 Å². The molecule has 0 bridgehead atoms. The summed E-state index contributed by atoms with van der Waals surface area (Å²) in [6.07, 6.45) is 1.32. The zero-order chi connectivity index (χ0) is 11.3. The van der Waals surface area contributed by atoms with Gasteiger partial charge in [-0.15, -0.1) is 11.6 Å². The van der Waals surface area contributed by atoms with Crippen molar-refractivity contribution in [1.82, 2.24) is 9.80 Å². The van der Waals surface area contributed by atoms with Crippen molar-refractivity contribution in [3.05, 3.63) is 0 Å². The molecule has 0 amide bonds. The van der Waals surface area contributed by atoms with E-state index in [2.05, 4.69) is 30.6 Å². The molecule has 1 aliphatic heterocycles. The third kappa shape index (κ3) is 3.61. The van der Waals surface area contributed by atoms with Crippen molar-refractivity contribution in [1.29, 1.82) is 0 Å². The Morgan fingerprint density at radius 2 is 2.00 bits per heavy atom. The lowest BCUT2D eigenvalue weighted by molar-refractivity contribution is 0.201. The molecule has 90 valence electrons. The molecule has 1 aliphatic rings. The normalized spacial score (nSPS) is 27.8. The van der Waals surface area contributed by atoms with E-state index < -0.39 is 0 Å². The summed E-state index contributed by atoms with van der Waals surface area (Å²) in [6, 6.07) is 0.613. The van der Waals surface area contributed by atoms with E-state index >= 15 is 0 Å². The molecule has 0 aromatic rings. The Balaban J connectivity index is 2.31. The fourth-order valence-corrected chi connectivity index (χ4v) is 2.92. The molecular formula is C12H25ClN2. The van der Waals surface area contributed by atoms with E-state index in [-0.39, 0.29) is 0 Å². The first kappa shape index (κ1) is 13.3. The summed E-state index contributed by atoms with van der Waals surface area (Å²) >= 11 is 6.03. The molecule has 15 heavy (non-hydrogen) atoms. The number of alkyl halides is 1. The number of likely N-dealkylation sites (N-methyl/N-ethyl adjacent to an activating group) is 1. The first-order valence-electron chi connectivity index (χ1n) is 6.25. The van der Waals surface area contributed by atoms with Crippen LogP contribution in [0.3, 0.4) is 0 Å². The lowest BCUT2D eigenvalue weighted by Crippen LogP contribution is -2.39. The number of nitrogens with zero attached hydrogens (tertiary/aromatic N) is 2. The highest BCUT2D eigenvalue weighted by Gasteiger charge is 2.29. The van der Waals surface area contributed by atoms with Gasteiger partial charge in [0.1, 0.15) is 0 Å². The van der Waals surface area contributed by atoms with Crippen molar-refractivity contribution in [3.8, 4) is 0 Å². The zero-order valence-electron chi connectivity index (χ0n) is 10.4. The van der Waals surface area contributed by atoms with E-state index in [1.807, 2.05) is 0 Å². The average molecular weight is 233 g/mol. The van der Waals surface area contributed by atoms with E-state index in [0.717, 1.165) is 24.9 Å². The van der Waals surface area contributed by atoms with Crippen LogP contribution in [0.2, 0.25) is 0 Å². The molecule has 0 aromatic heterocycles.